The van der Waals surface area contributed by atoms with Crippen molar-refractivity contribution in [1.82, 2.24) is 0 Å². The molecule has 1 aliphatic rings. The van der Waals surface area contributed by atoms with E-state index in [1.807, 2.05) is 18.2 Å². The molecule has 0 bridgehead atoms. The van der Waals surface area contributed by atoms with Gasteiger partial charge in [0.1, 0.15) is 0 Å². The minimum atomic E-state index is 0. The maximum atomic E-state index is 5.84. The predicted octanol–water partition coefficient (Wildman–Crippen LogP) is -0.560. The van der Waals surface area contributed by atoms with Crippen LogP contribution in [0.25, 0.3) is 0 Å². The van der Waals surface area contributed by atoms with Gasteiger partial charge >= 0.3 is 23.1 Å². The van der Waals surface area contributed by atoms with Gasteiger partial charge in [-0.25, -0.2) is 0 Å². The van der Waals surface area contributed by atoms with Crippen LogP contribution in [0.4, 0.5) is 0 Å². The van der Waals surface area contributed by atoms with Gasteiger partial charge in [-0.05, 0) is 25.7 Å². The van der Waals surface area contributed by atoms with Crippen molar-refractivity contribution in [2.45, 2.75) is 31.8 Å². The van der Waals surface area contributed by atoms with Crippen molar-refractivity contribution in [3.05, 3.63) is 24.3 Å². The van der Waals surface area contributed by atoms with Gasteiger partial charge in [-0.3, -0.25) is 0 Å². The molecule has 4 heteroatoms. The second-order valence-corrected chi connectivity index (χ2v) is 3.60. The van der Waals surface area contributed by atoms with Crippen molar-refractivity contribution < 1.29 is 26.5 Å². The molecule has 1 aromatic rings. The summed E-state index contributed by atoms with van der Waals surface area (Å²) in [6, 6.07) is 8.56. The van der Waals surface area contributed by atoms with Crippen molar-refractivity contribution in [1.29, 1.82) is 0 Å². The van der Waals surface area contributed by atoms with Crippen LogP contribution in [0, 0.1) is 6.07 Å². The first-order valence-electron chi connectivity index (χ1n) is 5.11. The van der Waals surface area contributed by atoms with Gasteiger partial charge < -0.3 is 26.5 Å². The molecule has 0 heterocycles. The van der Waals surface area contributed by atoms with E-state index in [0.29, 0.717) is 6.10 Å². The van der Waals surface area contributed by atoms with Gasteiger partial charge in [0, 0.05) is 5.75 Å². The van der Waals surface area contributed by atoms with Gasteiger partial charge in [-0.15, -0.1) is 12.1 Å². The molecule has 1 saturated carbocycles. The van der Waals surface area contributed by atoms with Crippen LogP contribution < -0.4 is 26.5 Å². The Morgan fingerprint density at radius 2 is 1.94 bits per heavy atom. The Bertz CT molecular complexity index is 301. The van der Waals surface area contributed by atoms with Gasteiger partial charge in [0.2, 0.25) is 0 Å². The molecule has 0 spiro atoms. The van der Waals surface area contributed by atoms with E-state index in [1.54, 1.807) is 7.11 Å². The quantitative estimate of drug-likeness (QED) is 0.550. The fourth-order valence-corrected chi connectivity index (χ4v) is 1.85. The Labute approximate surface area is 124 Å². The molecule has 2 rings (SSSR count). The number of hydrogen-bond donors (Lipinski definition) is 0. The Hall–Kier alpha value is 0.0662. The number of benzene rings is 1. The van der Waals surface area contributed by atoms with Crippen LogP contribution in [0.5, 0.6) is 11.5 Å². The summed E-state index contributed by atoms with van der Waals surface area (Å²) in [7, 11) is 1.66. The molecule has 0 atom stereocenters. The van der Waals surface area contributed by atoms with Crippen LogP contribution in [-0.4, -0.2) is 36.3 Å². The molecule has 1 fully saturated rings. The van der Waals surface area contributed by atoms with E-state index in [-0.39, 0.29) is 40.0 Å². The van der Waals surface area contributed by atoms with Gasteiger partial charge in [-0.1, -0.05) is 0 Å². The summed E-state index contributed by atoms with van der Waals surface area (Å²) < 4.78 is 11.1. The molecule has 0 aliphatic heterocycles. The molecular weight excluding hydrogens is 280 g/mol. The van der Waals surface area contributed by atoms with Gasteiger partial charge in [0.15, 0.2) is 0 Å². The van der Waals surface area contributed by atoms with E-state index in [1.165, 1.54) is 12.8 Å². The first-order chi connectivity index (χ1) is 6.90. The van der Waals surface area contributed by atoms with Crippen LogP contribution in [0.1, 0.15) is 25.7 Å². The van der Waals surface area contributed by atoms with Crippen molar-refractivity contribution in [3.63, 3.8) is 0 Å². The zero-order chi connectivity index (χ0) is 9.80. The summed E-state index contributed by atoms with van der Waals surface area (Å²) in [5, 5.41) is 0. The standard InChI is InChI=1S/C12H15O2.BrH.Mg/c1-13-11-8-4-5-9-12(11)14-10-6-2-3-7-10;;/h4,8-10H,2-3,6-7H2,1H3;1H;/q-1;;+2/p-1. The molecule has 2 nitrogen and oxygen atoms in total. The van der Waals surface area contributed by atoms with Crippen LogP contribution in [0.15, 0.2) is 18.2 Å². The summed E-state index contributed by atoms with van der Waals surface area (Å²) in [5.41, 5.74) is 0. The first kappa shape index (κ1) is 16.1. The van der Waals surface area contributed by atoms with E-state index in [2.05, 4.69) is 6.07 Å². The summed E-state index contributed by atoms with van der Waals surface area (Å²) in [6.45, 7) is 0. The molecule has 1 aliphatic carbocycles. The van der Waals surface area contributed by atoms with Crippen LogP contribution in [-0.2, 0) is 0 Å². The molecule has 1 aromatic carbocycles. The molecule has 0 aromatic heterocycles. The summed E-state index contributed by atoms with van der Waals surface area (Å²) in [5.74, 6) is 1.62. The molecule has 0 radical (unpaired) electrons. The van der Waals surface area contributed by atoms with E-state index in [9.17, 15) is 0 Å². The second kappa shape index (κ2) is 8.20. The van der Waals surface area contributed by atoms with E-state index in [4.69, 9.17) is 9.47 Å². The van der Waals surface area contributed by atoms with E-state index in [0.717, 1.165) is 24.3 Å². The fraction of sp³-hybridized carbons (Fsp3) is 0.500. The van der Waals surface area contributed by atoms with Crippen LogP contribution in [0.3, 0.4) is 0 Å². The van der Waals surface area contributed by atoms with Crippen molar-refractivity contribution in [2.24, 2.45) is 0 Å². The monoisotopic (exact) mass is 294 g/mol. The first-order valence-corrected chi connectivity index (χ1v) is 5.11. The molecule has 0 amide bonds. The summed E-state index contributed by atoms with van der Waals surface area (Å²) in [4.78, 5) is 0. The van der Waals surface area contributed by atoms with Crippen molar-refractivity contribution >= 4 is 23.1 Å². The van der Waals surface area contributed by atoms with Gasteiger partial charge in [0.25, 0.3) is 0 Å². The Morgan fingerprint density at radius 1 is 1.25 bits per heavy atom. The zero-order valence-corrected chi connectivity index (χ0v) is 12.5. The minimum absolute atomic E-state index is 0. The van der Waals surface area contributed by atoms with E-state index < -0.39 is 0 Å². The van der Waals surface area contributed by atoms with Gasteiger partial charge in [0.05, 0.1) is 19.0 Å². The number of ether oxygens (including phenoxy) is 2. The normalized spacial score (nSPS) is 14.8. The molecule has 0 N–H and O–H groups in total. The number of halogens is 1. The molecule has 84 valence electrons. The predicted molar refractivity (Wildman–Crippen MR) is 60.5 cm³/mol. The summed E-state index contributed by atoms with van der Waals surface area (Å²) >= 11 is 0. The fourth-order valence-electron chi connectivity index (χ4n) is 1.85. The molecule has 0 unspecified atom stereocenters. The maximum Gasteiger partial charge on any atom is 2.00 e. The van der Waals surface area contributed by atoms with Crippen molar-refractivity contribution in [2.75, 3.05) is 7.11 Å². The molecular formula is C12H15BrMgO2. The SMILES string of the molecule is COc1cc[c-]cc1OC1CCCC1.[Br-].[Mg+2]. The van der Waals surface area contributed by atoms with E-state index >= 15 is 0 Å². The molecule has 0 saturated heterocycles. The third kappa shape index (κ3) is 4.15. The maximum absolute atomic E-state index is 5.84. The third-order valence-electron chi connectivity index (χ3n) is 2.60. The Balaban J connectivity index is 0.00000112. The van der Waals surface area contributed by atoms with Gasteiger partial charge in [-0.2, -0.15) is 12.1 Å². The molecule has 16 heavy (non-hydrogen) atoms. The number of methoxy groups -OCH3 is 1. The van der Waals surface area contributed by atoms with Crippen LogP contribution in [0.2, 0.25) is 0 Å². The largest absolute Gasteiger partial charge is 2.00 e. The average molecular weight is 295 g/mol. The van der Waals surface area contributed by atoms with Crippen molar-refractivity contribution in [3.8, 4) is 11.5 Å². The summed E-state index contributed by atoms with van der Waals surface area (Å²) in [6.07, 6.45) is 5.27. The minimum Gasteiger partial charge on any atom is -1.00 e. The zero-order valence-electron chi connectivity index (χ0n) is 9.54. The Kier molecular flexibility index (Phi) is 8.23. The average Bonchev–Trinajstić information content (AvgIpc) is 2.71. The smallest absolute Gasteiger partial charge is 1.00 e. The number of hydrogen-bond acceptors (Lipinski definition) is 2. The third-order valence-corrected chi connectivity index (χ3v) is 2.60. The Morgan fingerprint density at radius 3 is 2.56 bits per heavy atom. The van der Waals surface area contributed by atoms with Crippen LogP contribution >= 0.6 is 0 Å². The second-order valence-electron chi connectivity index (χ2n) is 3.60. The topological polar surface area (TPSA) is 18.5 Å². The number of rotatable bonds is 3.